The molecule has 9 heteroatoms. The SMILES string of the molecule is CC(=O)N1CCN(C(=O)c2cc(C(=O)N3CCN(C=O)CC3)ccn2)CC1. The minimum atomic E-state index is -0.237. The minimum Gasteiger partial charge on any atom is -0.342 e. The Bertz CT molecular complexity index is 737. The highest BCUT2D eigenvalue weighted by atomic mass is 16.2. The molecule has 0 radical (unpaired) electrons. The number of nitrogens with zero attached hydrogens (tertiary/aromatic N) is 5. The highest BCUT2D eigenvalue weighted by Gasteiger charge is 2.26. The van der Waals surface area contributed by atoms with Crippen LogP contribution in [-0.2, 0) is 9.59 Å². The van der Waals surface area contributed by atoms with Crippen LogP contribution in [0.15, 0.2) is 18.3 Å². The Morgan fingerprint density at radius 3 is 2.04 bits per heavy atom. The van der Waals surface area contributed by atoms with Crippen molar-refractivity contribution in [2.75, 3.05) is 52.4 Å². The molecule has 0 bridgehead atoms. The molecule has 3 rings (SSSR count). The first-order valence-electron chi connectivity index (χ1n) is 8.99. The predicted octanol–water partition coefficient (Wildman–Crippen LogP) is -0.700. The van der Waals surface area contributed by atoms with Crippen molar-refractivity contribution in [3.8, 4) is 0 Å². The fourth-order valence-electron chi connectivity index (χ4n) is 3.28. The fourth-order valence-corrected chi connectivity index (χ4v) is 3.28. The first-order valence-corrected chi connectivity index (χ1v) is 8.99. The summed E-state index contributed by atoms with van der Waals surface area (Å²) in [5.41, 5.74) is 0.638. The van der Waals surface area contributed by atoms with Crippen molar-refractivity contribution in [1.29, 1.82) is 0 Å². The molecule has 0 aliphatic carbocycles. The van der Waals surface area contributed by atoms with Gasteiger partial charge in [-0.3, -0.25) is 24.2 Å². The van der Waals surface area contributed by atoms with E-state index < -0.39 is 0 Å². The normalized spacial score (nSPS) is 17.7. The van der Waals surface area contributed by atoms with Gasteiger partial charge in [0.15, 0.2) is 0 Å². The lowest BCUT2D eigenvalue weighted by atomic mass is 10.1. The molecule has 1 aromatic rings. The Hall–Kier alpha value is -2.97. The highest BCUT2D eigenvalue weighted by molar-refractivity contribution is 5.98. The third-order valence-corrected chi connectivity index (χ3v) is 4.99. The first-order chi connectivity index (χ1) is 13.0. The standard InChI is InChI=1S/C18H23N5O4/c1-14(25)21-8-10-23(11-9-21)18(27)16-12-15(2-3-19-16)17(26)22-6-4-20(13-24)5-7-22/h2-3,12-13H,4-11H2,1H3. The molecule has 2 saturated heterocycles. The van der Waals surface area contributed by atoms with Crippen LogP contribution in [-0.4, -0.2) is 101 Å². The largest absolute Gasteiger partial charge is 0.342 e. The number of rotatable bonds is 3. The summed E-state index contributed by atoms with van der Waals surface area (Å²) in [6.45, 7) is 5.37. The zero-order chi connectivity index (χ0) is 19.4. The molecule has 0 saturated carbocycles. The van der Waals surface area contributed by atoms with E-state index in [0.717, 1.165) is 6.41 Å². The van der Waals surface area contributed by atoms with E-state index in [1.165, 1.54) is 19.2 Å². The molecule has 2 aliphatic rings. The summed E-state index contributed by atoms with van der Waals surface area (Å²) in [6.07, 6.45) is 2.25. The summed E-state index contributed by atoms with van der Waals surface area (Å²) in [7, 11) is 0. The second kappa shape index (κ2) is 8.15. The number of piperazine rings is 2. The maximum absolute atomic E-state index is 12.7. The van der Waals surface area contributed by atoms with Gasteiger partial charge in [-0.1, -0.05) is 0 Å². The van der Waals surface area contributed by atoms with Crippen molar-refractivity contribution in [1.82, 2.24) is 24.6 Å². The second-order valence-electron chi connectivity index (χ2n) is 6.66. The molecule has 144 valence electrons. The van der Waals surface area contributed by atoms with E-state index in [4.69, 9.17) is 0 Å². The lowest BCUT2D eigenvalue weighted by Crippen LogP contribution is -2.50. The van der Waals surface area contributed by atoms with Crippen molar-refractivity contribution >= 4 is 24.1 Å². The lowest BCUT2D eigenvalue weighted by Gasteiger charge is -2.34. The molecule has 27 heavy (non-hydrogen) atoms. The van der Waals surface area contributed by atoms with E-state index in [1.807, 2.05) is 0 Å². The van der Waals surface area contributed by atoms with Crippen molar-refractivity contribution in [3.05, 3.63) is 29.6 Å². The number of hydrogen-bond donors (Lipinski definition) is 0. The summed E-state index contributed by atoms with van der Waals surface area (Å²) in [5.74, 6) is -0.403. The molecule has 0 N–H and O–H groups in total. The molecule has 0 unspecified atom stereocenters. The third-order valence-electron chi connectivity index (χ3n) is 4.99. The van der Waals surface area contributed by atoms with E-state index in [1.54, 1.807) is 25.7 Å². The van der Waals surface area contributed by atoms with Crippen molar-refractivity contribution in [3.63, 3.8) is 0 Å². The zero-order valence-electron chi connectivity index (χ0n) is 15.3. The van der Waals surface area contributed by atoms with E-state index >= 15 is 0 Å². The van der Waals surface area contributed by atoms with Crippen LogP contribution in [0.25, 0.3) is 0 Å². The summed E-state index contributed by atoms with van der Waals surface area (Å²) < 4.78 is 0. The van der Waals surface area contributed by atoms with Gasteiger partial charge in [0.2, 0.25) is 12.3 Å². The number of carbonyl (C=O) groups excluding carboxylic acids is 4. The van der Waals surface area contributed by atoms with Gasteiger partial charge in [-0.15, -0.1) is 0 Å². The van der Waals surface area contributed by atoms with Crippen LogP contribution in [0, 0.1) is 0 Å². The Balaban J connectivity index is 1.65. The monoisotopic (exact) mass is 373 g/mol. The smallest absolute Gasteiger partial charge is 0.272 e. The number of carbonyl (C=O) groups is 4. The molecule has 0 aromatic carbocycles. The number of pyridine rings is 1. The summed E-state index contributed by atoms with van der Waals surface area (Å²) in [4.78, 5) is 58.4. The number of aromatic nitrogens is 1. The van der Waals surface area contributed by atoms with Crippen LogP contribution in [0.4, 0.5) is 0 Å². The minimum absolute atomic E-state index is 0.00231. The first kappa shape index (κ1) is 18.8. The quantitative estimate of drug-likeness (QED) is 0.653. The van der Waals surface area contributed by atoms with Crippen LogP contribution in [0.1, 0.15) is 27.8 Å². The summed E-state index contributed by atoms with van der Waals surface area (Å²) in [5, 5.41) is 0. The predicted molar refractivity (Wildman–Crippen MR) is 95.9 cm³/mol. The van der Waals surface area contributed by atoms with E-state index in [0.29, 0.717) is 57.9 Å². The van der Waals surface area contributed by atoms with Crippen LogP contribution in [0.2, 0.25) is 0 Å². The van der Waals surface area contributed by atoms with Crippen molar-refractivity contribution in [2.24, 2.45) is 0 Å². The molecule has 2 aliphatic heterocycles. The molecule has 3 heterocycles. The topological polar surface area (TPSA) is 94.1 Å². The third kappa shape index (κ3) is 4.24. The average molecular weight is 373 g/mol. The highest BCUT2D eigenvalue weighted by Crippen LogP contribution is 2.12. The van der Waals surface area contributed by atoms with Gasteiger partial charge in [0.1, 0.15) is 5.69 Å². The second-order valence-corrected chi connectivity index (χ2v) is 6.66. The molecule has 1 aromatic heterocycles. The fraction of sp³-hybridized carbons (Fsp3) is 0.500. The molecule has 0 atom stereocenters. The van der Waals surface area contributed by atoms with Gasteiger partial charge in [0.05, 0.1) is 0 Å². The Morgan fingerprint density at radius 2 is 1.44 bits per heavy atom. The number of amides is 4. The van der Waals surface area contributed by atoms with Gasteiger partial charge in [0, 0.05) is 71.0 Å². The Kier molecular flexibility index (Phi) is 5.68. The van der Waals surface area contributed by atoms with Crippen LogP contribution in [0.3, 0.4) is 0 Å². The van der Waals surface area contributed by atoms with Gasteiger partial charge < -0.3 is 19.6 Å². The molecule has 0 spiro atoms. The van der Waals surface area contributed by atoms with E-state index in [9.17, 15) is 19.2 Å². The van der Waals surface area contributed by atoms with Gasteiger partial charge in [0.25, 0.3) is 11.8 Å². The Morgan fingerprint density at radius 1 is 0.889 bits per heavy atom. The van der Waals surface area contributed by atoms with Gasteiger partial charge >= 0.3 is 0 Å². The Labute approximate surface area is 157 Å². The average Bonchev–Trinajstić information content (AvgIpc) is 2.73. The molecular weight excluding hydrogens is 350 g/mol. The van der Waals surface area contributed by atoms with E-state index in [-0.39, 0.29) is 23.4 Å². The molecular formula is C18H23N5O4. The van der Waals surface area contributed by atoms with Gasteiger partial charge in [-0.2, -0.15) is 0 Å². The van der Waals surface area contributed by atoms with Gasteiger partial charge in [-0.05, 0) is 12.1 Å². The maximum Gasteiger partial charge on any atom is 0.272 e. The maximum atomic E-state index is 12.7. The van der Waals surface area contributed by atoms with Crippen molar-refractivity contribution in [2.45, 2.75) is 6.92 Å². The summed E-state index contributed by atoms with van der Waals surface area (Å²) in [6, 6.07) is 3.12. The van der Waals surface area contributed by atoms with Crippen molar-refractivity contribution < 1.29 is 19.2 Å². The molecule has 2 fully saturated rings. The van der Waals surface area contributed by atoms with Crippen LogP contribution < -0.4 is 0 Å². The molecule has 9 nitrogen and oxygen atoms in total. The van der Waals surface area contributed by atoms with Crippen LogP contribution >= 0.6 is 0 Å². The number of hydrogen-bond acceptors (Lipinski definition) is 5. The van der Waals surface area contributed by atoms with Gasteiger partial charge in [-0.25, -0.2) is 0 Å². The van der Waals surface area contributed by atoms with Crippen LogP contribution in [0.5, 0.6) is 0 Å². The van der Waals surface area contributed by atoms with E-state index in [2.05, 4.69) is 4.98 Å². The zero-order valence-corrected chi connectivity index (χ0v) is 15.3. The lowest BCUT2D eigenvalue weighted by molar-refractivity contribution is -0.130. The summed E-state index contributed by atoms with van der Waals surface area (Å²) >= 11 is 0. The molecule has 4 amide bonds.